The molecule has 168 valence electrons. The summed E-state index contributed by atoms with van der Waals surface area (Å²) in [5, 5.41) is 0. The van der Waals surface area contributed by atoms with E-state index < -0.39 is 0 Å². The van der Waals surface area contributed by atoms with Crippen molar-refractivity contribution < 1.29 is 347 Å². The third-order valence-electron chi connectivity index (χ3n) is 0. The normalized spacial score (nSPS) is 0. The van der Waals surface area contributed by atoms with Crippen molar-refractivity contribution in [3.05, 3.63) is 0 Å². The molecule has 0 aromatic heterocycles. The zero-order valence-corrected chi connectivity index (χ0v) is 29.7. The SMILES string of the molecule is O.[Fe].[Fe].[Fe].[Fe].[Fe].[Fe].[Fe].[Fe].[Fe].[Fe].[Fe].[Fe].[Fe].[Fe].[Fe].[Fe].[Fe].[Fe].[Fe].[Fe]. The summed E-state index contributed by atoms with van der Waals surface area (Å²) in [6.07, 6.45) is 0. The summed E-state index contributed by atoms with van der Waals surface area (Å²) in [4.78, 5) is 0. The smallest absolute Gasteiger partial charge is 0 e. The Morgan fingerprint density at radius 1 is 0.0952 bits per heavy atom. The Morgan fingerprint density at radius 2 is 0.0952 bits per heavy atom. The third-order valence-corrected chi connectivity index (χ3v) is 0. The molecule has 0 spiro atoms. The Balaban J connectivity index is 0. The summed E-state index contributed by atoms with van der Waals surface area (Å²) in [6, 6.07) is 0. The van der Waals surface area contributed by atoms with Crippen molar-refractivity contribution in [1.29, 1.82) is 0 Å². The van der Waals surface area contributed by atoms with E-state index in [9.17, 15) is 0 Å². The first-order chi connectivity index (χ1) is 0. The van der Waals surface area contributed by atoms with E-state index in [1.165, 1.54) is 0 Å². The van der Waals surface area contributed by atoms with Gasteiger partial charge in [0.25, 0.3) is 0 Å². The van der Waals surface area contributed by atoms with Gasteiger partial charge in [0, 0.05) is 341 Å². The molecule has 21 heavy (non-hydrogen) atoms. The van der Waals surface area contributed by atoms with Crippen LogP contribution in [-0.2, 0) is 341 Å². The molecule has 0 unspecified atom stereocenters. The molecule has 0 aromatic carbocycles. The number of rotatable bonds is 0. The zero-order valence-electron chi connectivity index (χ0n) is 7.57. The molecule has 0 saturated carbocycles. The van der Waals surface area contributed by atoms with E-state index in [2.05, 4.69) is 0 Å². The summed E-state index contributed by atoms with van der Waals surface area (Å²) in [5.74, 6) is 0. The van der Waals surface area contributed by atoms with Crippen LogP contribution in [0.3, 0.4) is 0 Å². The maximum atomic E-state index is 0. The van der Waals surface area contributed by atoms with Crippen LogP contribution in [0.5, 0.6) is 0 Å². The zero-order chi connectivity index (χ0) is 0. The average molecular weight is 1130 g/mol. The van der Waals surface area contributed by atoms with E-state index in [0.717, 1.165) is 0 Å². The van der Waals surface area contributed by atoms with Gasteiger partial charge in [0.15, 0.2) is 0 Å². The predicted molar refractivity (Wildman–Crippen MR) is 3.61 cm³/mol. The maximum Gasteiger partial charge on any atom is 0 e. The molecular formula is H2Fe20O. The van der Waals surface area contributed by atoms with Gasteiger partial charge in [-0.2, -0.15) is 0 Å². The fourth-order valence-corrected chi connectivity index (χ4v) is 0. The Labute approximate surface area is 339 Å². The molecular weight excluding hydrogens is 1130 g/mol. The van der Waals surface area contributed by atoms with Crippen LogP contribution >= 0.6 is 0 Å². The first-order valence-electron chi connectivity index (χ1n) is 0. The fraction of sp³-hybridized carbons (Fsp3) is 0. The van der Waals surface area contributed by atoms with Crippen LogP contribution in [0.4, 0.5) is 0 Å². The van der Waals surface area contributed by atoms with Crippen LogP contribution in [0.25, 0.3) is 0 Å². The molecule has 0 aliphatic carbocycles. The largest absolute Gasteiger partial charge is 0.412 e. The summed E-state index contributed by atoms with van der Waals surface area (Å²) in [6.45, 7) is 0. The first-order valence-corrected chi connectivity index (χ1v) is 0. The van der Waals surface area contributed by atoms with Crippen LogP contribution in [0.1, 0.15) is 0 Å². The van der Waals surface area contributed by atoms with Crippen molar-refractivity contribution in [3.63, 3.8) is 0 Å². The summed E-state index contributed by atoms with van der Waals surface area (Å²) < 4.78 is 0. The van der Waals surface area contributed by atoms with Crippen molar-refractivity contribution >= 4 is 0 Å². The summed E-state index contributed by atoms with van der Waals surface area (Å²) in [7, 11) is 0. The molecule has 0 aliphatic rings. The van der Waals surface area contributed by atoms with E-state index in [1.807, 2.05) is 0 Å². The van der Waals surface area contributed by atoms with Crippen molar-refractivity contribution in [3.8, 4) is 0 Å². The van der Waals surface area contributed by atoms with Gasteiger partial charge in [-0.15, -0.1) is 0 Å². The Bertz CT molecular complexity index is 5.80. The minimum Gasteiger partial charge on any atom is -0.412 e. The van der Waals surface area contributed by atoms with E-state index in [4.69, 9.17) is 0 Å². The van der Waals surface area contributed by atoms with E-state index in [-0.39, 0.29) is 347 Å². The van der Waals surface area contributed by atoms with Gasteiger partial charge in [-0.05, 0) is 0 Å². The molecule has 0 heterocycles. The monoisotopic (exact) mass is 1140 g/mol. The van der Waals surface area contributed by atoms with Crippen molar-refractivity contribution in [2.75, 3.05) is 0 Å². The molecule has 0 aliphatic heterocycles. The molecule has 0 aromatic rings. The minimum absolute atomic E-state index is 0. The molecule has 0 rings (SSSR count). The quantitative estimate of drug-likeness (QED) is 0.283. The second-order valence-electron chi connectivity index (χ2n) is 0. The Hall–Kier alpha value is 10.3. The fourth-order valence-electron chi connectivity index (χ4n) is 0. The van der Waals surface area contributed by atoms with Crippen LogP contribution in [0.15, 0.2) is 0 Å². The van der Waals surface area contributed by atoms with Gasteiger partial charge in [0.05, 0.1) is 0 Å². The Morgan fingerprint density at radius 3 is 0.0952 bits per heavy atom. The van der Waals surface area contributed by atoms with Gasteiger partial charge in [0.1, 0.15) is 0 Å². The number of hydrogen-bond donors (Lipinski definition) is 0. The van der Waals surface area contributed by atoms with Gasteiger partial charge in [0.2, 0.25) is 0 Å². The minimum atomic E-state index is 0. The predicted octanol–water partition coefficient (Wildman–Crippen LogP) is -0.875. The van der Waals surface area contributed by atoms with Crippen LogP contribution in [-0.4, -0.2) is 5.48 Å². The van der Waals surface area contributed by atoms with Crippen LogP contribution < -0.4 is 0 Å². The number of hydrogen-bond acceptors (Lipinski definition) is 0. The molecule has 0 saturated heterocycles. The second kappa shape index (κ2) is 244. The van der Waals surface area contributed by atoms with Gasteiger partial charge in [-0.3, -0.25) is 0 Å². The molecule has 0 bridgehead atoms. The second-order valence-corrected chi connectivity index (χ2v) is 0. The first kappa shape index (κ1) is 270. The van der Waals surface area contributed by atoms with E-state index in [0.29, 0.717) is 0 Å². The van der Waals surface area contributed by atoms with E-state index >= 15 is 0 Å². The molecule has 2 N–H and O–H groups in total. The van der Waals surface area contributed by atoms with Gasteiger partial charge in [-0.25, -0.2) is 0 Å². The molecule has 1 nitrogen and oxygen atoms in total. The topological polar surface area (TPSA) is 31.5 Å². The standard InChI is InChI=1S/20Fe.H2O/h;;;;;;;;;;;;;;;;;;;;1H2. The van der Waals surface area contributed by atoms with Gasteiger partial charge < -0.3 is 5.48 Å². The van der Waals surface area contributed by atoms with Crippen LogP contribution in [0, 0.1) is 0 Å². The Kier molecular flexibility index (Phi) is 3130. The summed E-state index contributed by atoms with van der Waals surface area (Å²) in [5.41, 5.74) is 0. The maximum absolute atomic E-state index is 0. The average Bonchev–Trinajstić information content (AvgIpc) is 0. The molecule has 21 heteroatoms. The molecule has 0 amide bonds. The van der Waals surface area contributed by atoms with Gasteiger partial charge >= 0.3 is 0 Å². The van der Waals surface area contributed by atoms with Crippen molar-refractivity contribution in [1.82, 2.24) is 0 Å². The van der Waals surface area contributed by atoms with Crippen LogP contribution in [0.2, 0.25) is 0 Å². The van der Waals surface area contributed by atoms with Crippen molar-refractivity contribution in [2.24, 2.45) is 0 Å². The molecule has 0 radical (unpaired) electrons. The summed E-state index contributed by atoms with van der Waals surface area (Å²) >= 11 is 0. The molecule has 0 atom stereocenters. The van der Waals surface area contributed by atoms with E-state index in [1.54, 1.807) is 0 Å². The third kappa shape index (κ3) is 228. The van der Waals surface area contributed by atoms with Gasteiger partial charge in [-0.1, -0.05) is 0 Å². The van der Waals surface area contributed by atoms with Crippen molar-refractivity contribution in [2.45, 2.75) is 0 Å². The molecule has 0 fully saturated rings.